The van der Waals surface area contributed by atoms with E-state index >= 15 is 0 Å². The van der Waals surface area contributed by atoms with Crippen LogP contribution in [0, 0.1) is 0 Å². The molecule has 5 nitrogen and oxygen atoms in total. The Balaban J connectivity index is 3.07. The number of nitrogens with one attached hydrogen (secondary N) is 1. The van der Waals surface area contributed by atoms with Gasteiger partial charge in [0.05, 0.1) is 0 Å². The monoisotopic (exact) mass is 193 g/mol. The maximum absolute atomic E-state index is 10.3. The molecule has 11 heavy (non-hydrogen) atoms. The van der Waals surface area contributed by atoms with E-state index in [2.05, 4.69) is 10.4 Å². The van der Waals surface area contributed by atoms with E-state index in [1.54, 1.807) is 0 Å². The summed E-state index contributed by atoms with van der Waals surface area (Å²) in [6.07, 6.45) is 0. The predicted molar refractivity (Wildman–Crippen MR) is 41.9 cm³/mol. The number of hydrogen-bond acceptors (Lipinski definition) is 5. The Labute approximate surface area is 70.8 Å². The molecule has 60 valence electrons. The van der Waals surface area contributed by atoms with Crippen molar-refractivity contribution in [3.63, 3.8) is 0 Å². The standard InChI is InChI=1S/C4H4ClN3O2S/c5-2-1(3(9)10)7-4(8-6)11-2/h6H2,(H,7,8)(H,9,10). The van der Waals surface area contributed by atoms with Crippen molar-refractivity contribution in [2.45, 2.75) is 0 Å². The molecule has 0 amide bonds. The Kier molecular flexibility index (Phi) is 2.28. The molecule has 7 heteroatoms. The first-order valence-electron chi connectivity index (χ1n) is 2.51. The van der Waals surface area contributed by atoms with Crippen molar-refractivity contribution in [3.8, 4) is 0 Å². The van der Waals surface area contributed by atoms with E-state index in [1.807, 2.05) is 0 Å². The number of carbonyl (C=O) groups is 1. The van der Waals surface area contributed by atoms with Gasteiger partial charge in [0.2, 0.25) is 0 Å². The minimum atomic E-state index is -1.16. The lowest BCUT2D eigenvalue weighted by Crippen LogP contribution is -2.06. The van der Waals surface area contributed by atoms with Gasteiger partial charge < -0.3 is 5.11 Å². The Morgan fingerprint density at radius 3 is 2.73 bits per heavy atom. The highest BCUT2D eigenvalue weighted by atomic mass is 35.5. The number of thiazole rings is 1. The molecule has 0 saturated heterocycles. The van der Waals surface area contributed by atoms with Crippen molar-refractivity contribution in [2.75, 3.05) is 5.43 Å². The number of nitrogens with zero attached hydrogens (tertiary/aromatic N) is 1. The zero-order valence-corrected chi connectivity index (χ0v) is 6.74. The molecule has 1 heterocycles. The molecule has 0 saturated carbocycles. The van der Waals surface area contributed by atoms with Gasteiger partial charge in [-0.3, -0.25) is 5.43 Å². The SMILES string of the molecule is NNc1nc(C(=O)O)c(Cl)s1. The topological polar surface area (TPSA) is 88.2 Å². The van der Waals surface area contributed by atoms with Gasteiger partial charge in [0.15, 0.2) is 10.8 Å². The van der Waals surface area contributed by atoms with Crippen molar-refractivity contribution >= 4 is 34.0 Å². The number of hydrogen-bond donors (Lipinski definition) is 3. The number of carboxylic acids is 1. The second-order valence-electron chi connectivity index (χ2n) is 1.59. The highest BCUT2D eigenvalue weighted by Crippen LogP contribution is 2.26. The predicted octanol–water partition coefficient (Wildman–Crippen LogP) is 0.780. The smallest absolute Gasteiger partial charge is 0.357 e. The van der Waals surface area contributed by atoms with E-state index in [0.29, 0.717) is 0 Å². The summed E-state index contributed by atoms with van der Waals surface area (Å²) in [5.74, 6) is 3.82. The van der Waals surface area contributed by atoms with Crippen LogP contribution in [0.4, 0.5) is 5.13 Å². The van der Waals surface area contributed by atoms with Crippen LogP contribution in [0.1, 0.15) is 10.5 Å². The molecular formula is C4H4ClN3O2S. The molecule has 0 aliphatic carbocycles. The van der Waals surface area contributed by atoms with Crippen LogP contribution in [0.5, 0.6) is 0 Å². The van der Waals surface area contributed by atoms with Crippen molar-refractivity contribution in [3.05, 3.63) is 10.0 Å². The maximum Gasteiger partial charge on any atom is 0.357 e. The molecule has 0 spiro atoms. The highest BCUT2D eigenvalue weighted by Gasteiger charge is 2.14. The first-order chi connectivity index (χ1) is 5.15. The molecule has 0 unspecified atom stereocenters. The molecule has 1 aromatic rings. The molecular weight excluding hydrogens is 190 g/mol. The Morgan fingerprint density at radius 2 is 2.45 bits per heavy atom. The van der Waals surface area contributed by atoms with Crippen LogP contribution in [-0.4, -0.2) is 16.1 Å². The molecule has 1 rings (SSSR count). The lowest BCUT2D eigenvalue weighted by molar-refractivity contribution is 0.0691. The van der Waals surface area contributed by atoms with E-state index in [1.165, 1.54) is 0 Å². The second-order valence-corrected chi connectivity index (χ2v) is 3.19. The fourth-order valence-electron chi connectivity index (χ4n) is 0.495. The Morgan fingerprint density at radius 1 is 1.82 bits per heavy atom. The number of hydrazine groups is 1. The molecule has 0 aliphatic heterocycles. The van der Waals surface area contributed by atoms with Crippen LogP contribution in [0.25, 0.3) is 0 Å². The fraction of sp³-hybridized carbons (Fsp3) is 0. The zero-order valence-electron chi connectivity index (χ0n) is 5.17. The summed E-state index contributed by atoms with van der Waals surface area (Å²) in [7, 11) is 0. The van der Waals surface area contributed by atoms with Crippen LogP contribution in [0.3, 0.4) is 0 Å². The molecule has 0 fully saturated rings. The molecule has 1 aromatic heterocycles. The van der Waals surface area contributed by atoms with E-state index in [4.69, 9.17) is 22.6 Å². The summed E-state index contributed by atoms with van der Waals surface area (Å²) in [5.41, 5.74) is 2.03. The normalized spacial score (nSPS) is 9.64. The van der Waals surface area contributed by atoms with Crippen LogP contribution in [0.2, 0.25) is 4.34 Å². The number of nitrogens with two attached hydrogens (primary N) is 1. The van der Waals surface area contributed by atoms with Crippen LogP contribution in [-0.2, 0) is 0 Å². The van der Waals surface area contributed by atoms with Gasteiger partial charge in [0.25, 0.3) is 0 Å². The minimum absolute atomic E-state index is 0.116. The Bertz CT molecular complexity index is 287. The van der Waals surface area contributed by atoms with Gasteiger partial charge in [-0.05, 0) is 0 Å². The first-order valence-corrected chi connectivity index (χ1v) is 3.71. The number of rotatable bonds is 2. The third-order valence-electron chi connectivity index (χ3n) is 0.912. The average molecular weight is 194 g/mol. The summed E-state index contributed by atoms with van der Waals surface area (Å²) in [6, 6.07) is 0. The molecule has 0 aliphatic rings. The summed E-state index contributed by atoms with van der Waals surface area (Å²) >= 11 is 6.48. The number of nitrogen functional groups attached to an aromatic ring is 1. The van der Waals surface area contributed by atoms with Crippen molar-refractivity contribution in [1.82, 2.24) is 4.98 Å². The van der Waals surface area contributed by atoms with E-state index < -0.39 is 5.97 Å². The molecule has 4 N–H and O–H groups in total. The third-order valence-corrected chi connectivity index (χ3v) is 2.10. The largest absolute Gasteiger partial charge is 0.476 e. The third kappa shape index (κ3) is 1.59. The number of aromatic carboxylic acids is 1. The fourth-order valence-corrected chi connectivity index (χ4v) is 1.43. The highest BCUT2D eigenvalue weighted by molar-refractivity contribution is 7.19. The summed E-state index contributed by atoms with van der Waals surface area (Å²) in [4.78, 5) is 13.9. The van der Waals surface area contributed by atoms with Crippen LogP contribution < -0.4 is 11.3 Å². The summed E-state index contributed by atoms with van der Waals surface area (Å²) < 4.78 is 0.116. The molecule has 0 aromatic carbocycles. The summed E-state index contributed by atoms with van der Waals surface area (Å²) in [5, 5.41) is 8.75. The number of aromatic nitrogens is 1. The van der Waals surface area contributed by atoms with Crippen molar-refractivity contribution in [1.29, 1.82) is 0 Å². The molecule has 0 atom stereocenters. The van der Waals surface area contributed by atoms with Crippen LogP contribution in [0.15, 0.2) is 0 Å². The minimum Gasteiger partial charge on any atom is -0.476 e. The number of anilines is 1. The van der Waals surface area contributed by atoms with Gasteiger partial charge in [-0.25, -0.2) is 15.6 Å². The van der Waals surface area contributed by atoms with Gasteiger partial charge in [0, 0.05) is 0 Å². The van der Waals surface area contributed by atoms with Gasteiger partial charge in [-0.2, -0.15) is 0 Å². The van der Waals surface area contributed by atoms with Gasteiger partial charge in [-0.15, -0.1) is 0 Å². The zero-order chi connectivity index (χ0) is 8.43. The molecule has 0 radical (unpaired) electrons. The van der Waals surface area contributed by atoms with Gasteiger partial charge in [0.1, 0.15) is 4.34 Å². The first kappa shape index (κ1) is 8.25. The van der Waals surface area contributed by atoms with Crippen molar-refractivity contribution in [2.24, 2.45) is 5.84 Å². The lowest BCUT2D eigenvalue weighted by Gasteiger charge is -1.86. The van der Waals surface area contributed by atoms with Gasteiger partial charge in [-0.1, -0.05) is 22.9 Å². The molecule has 0 bridgehead atoms. The number of carboxylic acid groups (broad SMARTS) is 1. The quantitative estimate of drug-likeness (QED) is 0.477. The average Bonchev–Trinajstić information content (AvgIpc) is 2.30. The lowest BCUT2D eigenvalue weighted by atomic mass is 10.5. The number of halogens is 1. The summed E-state index contributed by atoms with van der Waals surface area (Å²) in [6.45, 7) is 0. The second kappa shape index (κ2) is 3.04. The van der Waals surface area contributed by atoms with Crippen LogP contribution >= 0.6 is 22.9 Å². The van der Waals surface area contributed by atoms with E-state index in [-0.39, 0.29) is 15.2 Å². The maximum atomic E-state index is 10.3. The van der Waals surface area contributed by atoms with E-state index in [0.717, 1.165) is 11.3 Å². The van der Waals surface area contributed by atoms with Crippen molar-refractivity contribution < 1.29 is 9.90 Å². The Hall–Kier alpha value is -0.850. The van der Waals surface area contributed by atoms with E-state index in [9.17, 15) is 4.79 Å². The van der Waals surface area contributed by atoms with Gasteiger partial charge >= 0.3 is 5.97 Å².